The average molecular weight is 336 g/mol. The minimum absolute atomic E-state index is 0.0212. The fourth-order valence-corrected chi connectivity index (χ4v) is 3.40. The molecule has 3 aromatic rings. The van der Waals surface area contributed by atoms with Crippen molar-refractivity contribution in [1.29, 1.82) is 0 Å². The van der Waals surface area contributed by atoms with Gasteiger partial charge in [0.05, 0.1) is 11.3 Å². The van der Waals surface area contributed by atoms with Gasteiger partial charge in [-0.05, 0) is 31.5 Å². The van der Waals surface area contributed by atoms with Crippen molar-refractivity contribution >= 4 is 5.91 Å². The molecule has 0 N–H and O–H groups in total. The summed E-state index contributed by atoms with van der Waals surface area (Å²) in [6, 6.07) is 5.46. The summed E-state index contributed by atoms with van der Waals surface area (Å²) in [6.45, 7) is 3.44. The van der Waals surface area contributed by atoms with Gasteiger partial charge in [0.15, 0.2) is 5.82 Å². The highest BCUT2D eigenvalue weighted by Gasteiger charge is 2.30. The number of carbonyl (C=O) groups is 1. The van der Waals surface area contributed by atoms with Crippen molar-refractivity contribution in [3.8, 4) is 5.82 Å². The number of imidazole rings is 1. The zero-order chi connectivity index (χ0) is 17.4. The Hall–Kier alpha value is -2.96. The molecule has 1 aliphatic rings. The molecule has 3 aromatic heterocycles. The molecule has 4 heterocycles. The molecule has 7 nitrogen and oxygen atoms in total. The number of carbonyl (C=O) groups excluding carboxylic acids is 1. The molecule has 0 radical (unpaired) electrons. The van der Waals surface area contributed by atoms with Crippen LogP contribution in [0, 0.1) is 6.92 Å². The molecular weight excluding hydrogens is 316 g/mol. The third-order valence-electron chi connectivity index (χ3n) is 4.61. The first-order chi connectivity index (χ1) is 12.1. The number of hydrogen-bond donors (Lipinski definition) is 0. The Kier molecular flexibility index (Phi) is 3.83. The standard InChI is InChI=1S/C18H20N6O/c1-13-11-22(2)17(21-13)15-6-9-23(12-15)18(25)14-4-5-16(19-10-14)24-8-3-7-20-24/h3-5,7-8,10-11,15H,6,9,12H2,1-2H3/t15-/m1/s1. The number of aromatic nitrogens is 5. The van der Waals surface area contributed by atoms with Crippen LogP contribution in [0.15, 0.2) is 43.0 Å². The molecule has 1 aliphatic heterocycles. The summed E-state index contributed by atoms with van der Waals surface area (Å²) in [5.41, 5.74) is 1.62. The van der Waals surface area contributed by atoms with Crippen molar-refractivity contribution in [3.05, 3.63) is 60.1 Å². The molecule has 1 amide bonds. The molecule has 128 valence electrons. The first-order valence-corrected chi connectivity index (χ1v) is 8.37. The second-order valence-electron chi connectivity index (χ2n) is 6.44. The van der Waals surface area contributed by atoms with Crippen LogP contribution in [0.4, 0.5) is 0 Å². The summed E-state index contributed by atoms with van der Waals surface area (Å²) >= 11 is 0. The predicted molar refractivity (Wildman–Crippen MR) is 92.6 cm³/mol. The van der Waals surface area contributed by atoms with E-state index in [1.165, 1.54) is 0 Å². The van der Waals surface area contributed by atoms with Crippen LogP contribution in [0.1, 0.15) is 34.2 Å². The SMILES string of the molecule is Cc1cn(C)c([C@@H]2CCN(C(=O)c3ccc(-n4cccn4)nc3)C2)n1. The van der Waals surface area contributed by atoms with Crippen molar-refractivity contribution in [2.24, 2.45) is 7.05 Å². The Balaban J connectivity index is 1.47. The van der Waals surface area contributed by atoms with Crippen molar-refractivity contribution in [2.45, 2.75) is 19.3 Å². The summed E-state index contributed by atoms with van der Waals surface area (Å²) in [6.07, 6.45) is 8.11. The highest BCUT2D eigenvalue weighted by molar-refractivity contribution is 5.94. The smallest absolute Gasteiger partial charge is 0.255 e. The van der Waals surface area contributed by atoms with Crippen LogP contribution in [0.5, 0.6) is 0 Å². The van der Waals surface area contributed by atoms with E-state index in [-0.39, 0.29) is 5.91 Å². The highest BCUT2D eigenvalue weighted by atomic mass is 16.2. The van der Waals surface area contributed by atoms with E-state index >= 15 is 0 Å². The average Bonchev–Trinajstić information content (AvgIpc) is 3.35. The van der Waals surface area contributed by atoms with E-state index in [1.807, 2.05) is 49.5 Å². The molecular formula is C18H20N6O. The Bertz CT molecular complexity index is 881. The van der Waals surface area contributed by atoms with Gasteiger partial charge < -0.3 is 9.47 Å². The summed E-state index contributed by atoms with van der Waals surface area (Å²) < 4.78 is 3.73. The molecule has 0 aliphatic carbocycles. The Morgan fingerprint density at radius 1 is 1.32 bits per heavy atom. The topological polar surface area (TPSA) is 68.8 Å². The molecule has 1 saturated heterocycles. The van der Waals surface area contributed by atoms with Crippen molar-refractivity contribution in [1.82, 2.24) is 29.2 Å². The number of rotatable bonds is 3. The largest absolute Gasteiger partial charge is 0.338 e. The van der Waals surface area contributed by atoms with Gasteiger partial charge in [0, 0.05) is 50.8 Å². The van der Waals surface area contributed by atoms with Gasteiger partial charge in [-0.2, -0.15) is 5.10 Å². The van der Waals surface area contributed by atoms with Crippen LogP contribution in [-0.2, 0) is 7.05 Å². The first kappa shape index (κ1) is 15.6. The van der Waals surface area contributed by atoms with E-state index in [4.69, 9.17) is 0 Å². The maximum atomic E-state index is 12.7. The number of hydrogen-bond acceptors (Lipinski definition) is 4. The monoisotopic (exact) mass is 336 g/mol. The Morgan fingerprint density at radius 3 is 2.84 bits per heavy atom. The van der Waals surface area contributed by atoms with Gasteiger partial charge in [-0.15, -0.1) is 0 Å². The zero-order valence-corrected chi connectivity index (χ0v) is 14.3. The van der Waals surface area contributed by atoms with E-state index in [2.05, 4.69) is 19.6 Å². The third-order valence-corrected chi connectivity index (χ3v) is 4.61. The minimum Gasteiger partial charge on any atom is -0.338 e. The summed E-state index contributed by atoms with van der Waals surface area (Å²) in [4.78, 5) is 23.6. The summed E-state index contributed by atoms with van der Waals surface area (Å²) in [5, 5.41) is 4.14. The lowest BCUT2D eigenvalue weighted by molar-refractivity contribution is 0.0790. The molecule has 0 aromatic carbocycles. The molecule has 1 atom stereocenters. The number of nitrogens with zero attached hydrogens (tertiary/aromatic N) is 6. The van der Waals surface area contributed by atoms with Gasteiger partial charge in [0.25, 0.3) is 5.91 Å². The minimum atomic E-state index is 0.0212. The fraction of sp³-hybridized carbons (Fsp3) is 0.333. The fourth-order valence-electron chi connectivity index (χ4n) is 3.40. The summed E-state index contributed by atoms with van der Waals surface area (Å²) in [5.74, 6) is 2.07. The van der Waals surface area contributed by atoms with Gasteiger partial charge in [-0.1, -0.05) is 0 Å². The Morgan fingerprint density at radius 2 is 2.20 bits per heavy atom. The number of amides is 1. The number of pyridine rings is 1. The molecule has 25 heavy (non-hydrogen) atoms. The van der Waals surface area contributed by atoms with Crippen LogP contribution in [-0.4, -0.2) is 48.2 Å². The van der Waals surface area contributed by atoms with E-state index in [9.17, 15) is 4.79 Å². The van der Waals surface area contributed by atoms with Crippen LogP contribution < -0.4 is 0 Å². The van der Waals surface area contributed by atoms with Gasteiger partial charge in [-0.3, -0.25) is 4.79 Å². The van der Waals surface area contributed by atoms with Gasteiger partial charge in [-0.25, -0.2) is 14.6 Å². The number of aryl methyl sites for hydroxylation is 2. The lowest BCUT2D eigenvalue weighted by atomic mass is 10.1. The molecule has 0 bridgehead atoms. The molecule has 0 spiro atoms. The van der Waals surface area contributed by atoms with Crippen molar-refractivity contribution in [2.75, 3.05) is 13.1 Å². The first-order valence-electron chi connectivity index (χ1n) is 8.37. The molecule has 7 heteroatoms. The molecule has 1 fully saturated rings. The zero-order valence-electron chi connectivity index (χ0n) is 14.3. The van der Waals surface area contributed by atoms with E-state index in [1.54, 1.807) is 17.1 Å². The predicted octanol–water partition coefficient (Wildman–Crippen LogP) is 1.94. The van der Waals surface area contributed by atoms with Crippen molar-refractivity contribution < 1.29 is 4.79 Å². The lowest BCUT2D eigenvalue weighted by Gasteiger charge is -2.16. The van der Waals surface area contributed by atoms with Crippen LogP contribution >= 0.6 is 0 Å². The van der Waals surface area contributed by atoms with Crippen LogP contribution in [0.2, 0.25) is 0 Å². The molecule has 4 rings (SSSR count). The second-order valence-corrected chi connectivity index (χ2v) is 6.44. The van der Waals surface area contributed by atoms with Gasteiger partial charge >= 0.3 is 0 Å². The molecule has 0 unspecified atom stereocenters. The quantitative estimate of drug-likeness (QED) is 0.733. The maximum Gasteiger partial charge on any atom is 0.255 e. The van der Waals surface area contributed by atoms with Crippen LogP contribution in [0.25, 0.3) is 5.82 Å². The lowest BCUT2D eigenvalue weighted by Crippen LogP contribution is -2.28. The maximum absolute atomic E-state index is 12.7. The highest BCUT2D eigenvalue weighted by Crippen LogP contribution is 2.27. The molecule has 0 saturated carbocycles. The van der Waals surface area contributed by atoms with Gasteiger partial charge in [0.1, 0.15) is 5.82 Å². The Labute approximate surface area is 145 Å². The van der Waals surface area contributed by atoms with E-state index in [0.717, 1.165) is 24.5 Å². The van der Waals surface area contributed by atoms with Crippen LogP contribution in [0.3, 0.4) is 0 Å². The van der Waals surface area contributed by atoms with E-state index in [0.29, 0.717) is 23.8 Å². The third kappa shape index (κ3) is 2.93. The second kappa shape index (κ2) is 6.16. The number of likely N-dealkylation sites (tertiary alicyclic amines) is 1. The van der Waals surface area contributed by atoms with Crippen molar-refractivity contribution in [3.63, 3.8) is 0 Å². The summed E-state index contributed by atoms with van der Waals surface area (Å²) in [7, 11) is 2.01. The van der Waals surface area contributed by atoms with Gasteiger partial charge in [0.2, 0.25) is 0 Å². The normalized spacial score (nSPS) is 17.2. The van der Waals surface area contributed by atoms with E-state index < -0.39 is 0 Å².